The van der Waals surface area contributed by atoms with Crippen LogP contribution in [0.15, 0.2) is 47.6 Å². The number of thiazole rings is 1. The van der Waals surface area contributed by atoms with Crippen molar-refractivity contribution in [2.75, 3.05) is 5.01 Å². The monoisotopic (exact) mass is 367 g/mol. The molecule has 1 aliphatic rings. The second-order valence-corrected chi connectivity index (χ2v) is 7.60. The summed E-state index contributed by atoms with van der Waals surface area (Å²) in [4.78, 5) is 4.76. The molecular formula is C20H21N3O2S. The second kappa shape index (κ2) is 7.33. The lowest BCUT2D eigenvalue weighted by Gasteiger charge is -2.30. The number of aromatic hydroxyl groups is 2. The third-order valence-corrected chi connectivity index (χ3v) is 5.76. The summed E-state index contributed by atoms with van der Waals surface area (Å²) in [6.07, 6.45) is 7.42. The van der Waals surface area contributed by atoms with Crippen LogP contribution in [0.2, 0.25) is 0 Å². The fourth-order valence-corrected chi connectivity index (χ4v) is 4.35. The maximum Gasteiger partial charge on any atom is 0.207 e. The summed E-state index contributed by atoms with van der Waals surface area (Å²) in [6.45, 7) is 0. The van der Waals surface area contributed by atoms with Gasteiger partial charge in [0.25, 0.3) is 0 Å². The number of rotatable bonds is 4. The summed E-state index contributed by atoms with van der Waals surface area (Å²) in [5.41, 5.74) is 1.47. The molecule has 0 amide bonds. The first kappa shape index (κ1) is 16.8. The normalized spacial score (nSPS) is 15.7. The third-order valence-electron chi connectivity index (χ3n) is 4.73. The van der Waals surface area contributed by atoms with Crippen LogP contribution in [0.25, 0.3) is 10.2 Å². The number of phenolic OH excluding ortho intramolecular Hbond substituents is 2. The zero-order valence-electron chi connectivity index (χ0n) is 14.4. The summed E-state index contributed by atoms with van der Waals surface area (Å²) < 4.78 is 1.14. The van der Waals surface area contributed by atoms with E-state index in [-0.39, 0.29) is 11.5 Å². The Morgan fingerprint density at radius 2 is 1.88 bits per heavy atom. The highest BCUT2D eigenvalue weighted by Gasteiger charge is 2.23. The van der Waals surface area contributed by atoms with Crippen molar-refractivity contribution in [3.05, 3.63) is 48.0 Å². The maximum absolute atomic E-state index is 10.0. The molecule has 134 valence electrons. The van der Waals surface area contributed by atoms with Crippen LogP contribution in [0.4, 0.5) is 5.13 Å². The lowest BCUT2D eigenvalue weighted by Crippen LogP contribution is -2.32. The Morgan fingerprint density at radius 1 is 1.08 bits per heavy atom. The van der Waals surface area contributed by atoms with Crippen LogP contribution >= 0.6 is 11.3 Å². The molecule has 1 saturated carbocycles. The minimum absolute atomic E-state index is 0.0967. The van der Waals surface area contributed by atoms with Gasteiger partial charge in [-0.2, -0.15) is 5.10 Å². The summed E-state index contributed by atoms with van der Waals surface area (Å²) in [5.74, 6) is 0.202. The number of hydrazone groups is 1. The molecule has 1 aromatic heterocycles. The van der Waals surface area contributed by atoms with Crippen molar-refractivity contribution in [1.29, 1.82) is 0 Å². The number of hydrogen-bond acceptors (Lipinski definition) is 6. The van der Waals surface area contributed by atoms with E-state index in [2.05, 4.69) is 11.2 Å². The largest absolute Gasteiger partial charge is 0.508 e. The molecule has 1 heterocycles. The standard InChI is InChI=1S/C20H21N3O2S/c24-16-10-11-18(25)14(12-16)13-21-23(15-6-2-1-3-7-15)20-22-17-8-4-5-9-19(17)26-20/h4-5,8-13,15,24-25H,1-3,6-7H2. The zero-order chi connectivity index (χ0) is 17.9. The molecule has 1 fully saturated rings. The topological polar surface area (TPSA) is 69.0 Å². The number of fused-ring (bicyclic) bond motifs is 1. The molecule has 0 radical (unpaired) electrons. The lowest BCUT2D eigenvalue weighted by molar-refractivity contribution is 0.419. The van der Waals surface area contributed by atoms with Gasteiger partial charge in [-0.25, -0.2) is 9.99 Å². The minimum Gasteiger partial charge on any atom is -0.508 e. The first-order valence-electron chi connectivity index (χ1n) is 8.91. The molecule has 26 heavy (non-hydrogen) atoms. The Kier molecular flexibility index (Phi) is 4.75. The molecule has 0 atom stereocenters. The van der Waals surface area contributed by atoms with E-state index in [1.807, 2.05) is 23.2 Å². The van der Waals surface area contributed by atoms with Gasteiger partial charge < -0.3 is 10.2 Å². The second-order valence-electron chi connectivity index (χ2n) is 6.59. The number of hydrogen-bond donors (Lipinski definition) is 2. The van der Waals surface area contributed by atoms with Gasteiger partial charge in [0.1, 0.15) is 11.5 Å². The van der Waals surface area contributed by atoms with Crippen molar-refractivity contribution in [2.24, 2.45) is 5.10 Å². The van der Waals surface area contributed by atoms with Crippen LogP contribution in [0.5, 0.6) is 11.5 Å². The summed E-state index contributed by atoms with van der Waals surface area (Å²) in [7, 11) is 0. The van der Waals surface area contributed by atoms with Crippen molar-refractivity contribution in [3.8, 4) is 11.5 Å². The van der Waals surface area contributed by atoms with Crippen molar-refractivity contribution in [3.63, 3.8) is 0 Å². The molecule has 1 aliphatic carbocycles. The van der Waals surface area contributed by atoms with E-state index in [0.717, 1.165) is 28.2 Å². The molecule has 0 spiro atoms. The number of para-hydroxylation sites is 1. The van der Waals surface area contributed by atoms with E-state index in [4.69, 9.17) is 4.98 Å². The SMILES string of the molecule is Oc1ccc(O)c(C=NN(c2nc3ccccc3s2)C2CCCCC2)c1. The van der Waals surface area contributed by atoms with Crippen LogP contribution in [0, 0.1) is 0 Å². The molecule has 2 aromatic carbocycles. The van der Waals surface area contributed by atoms with Crippen molar-refractivity contribution < 1.29 is 10.2 Å². The average molecular weight is 367 g/mol. The molecule has 0 saturated heterocycles. The summed E-state index contributed by atoms with van der Waals surface area (Å²) >= 11 is 1.63. The molecule has 6 heteroatoms. The quantitative estimate of drug-likeness (QED) is 0.392. The fraction of sp³-hybridized carbons (Fsp3) is 0.300. The van der Waals surface area contributed by atoms with Gasteiger partial charge in [-0.05, 0) is 43.2 Å². The molecule has 0 aliphatic heterocycles. The highest BCUT2D eigenvalue weighted by atomic mass is 32.1. The van der Waals surface area contributed by atoms with Crippen molar-refractivity contribution in [1.82, 2.24) is 4.98 Å². The van der Waals surface area contributed by atoms with E-state index in [0.29, 0.717) is 11.6 Å². The maximum atomic E-state index is 10.0. The Morgan fingerprint density at radius 3 is 2.69 bits per heavy atom. The Hall–Kier alpha value is -2.60. The summed E-state index contributed by atoms with van der Waals surface area (Å²) in [5, 5.41) is 27.2. The number of nitrogens with zero attached hydrogens (tertiary/aromatic N) is 3. The Bertz CT molecular complexity index is 899. The highest BCUT2D eigenvalue weighted by molar-refractivity contribution is 7.22. The Labute approximate surface area is 156 Å². The van der Waals surface area contributed by atoms with Crippen molar-refractivity contribution in [2.45, 2.75) is 38.1 Å². The fourth-order valence-electron chi connectivity index (χ4n) is 3.35. The number of aromatic nitrogens is 1. The minimum atomic E-state index is 0.0967. The van der Waals surface area contributed by atoms with Gasteiger partial charge in [-0.3, -0.25) is 0 Å². The van der Waals surface area contributed by atoms with Crippen molar-refractivity contribution >= 4 is 32.9 Å². The molecule has 4 rings (SSSR count). The van der Waals surface area contributed by atoms with Crippen LogP contribution in [-0.2, 0) is 0 Å². The molecule has 5 nitrogen and oxygen atoms in total. The zero-order valence-corrected chi connectivity index (χ0v) is 15.2. The highest BCUT2D eigenvalue weighted by Crippen LogP contribution is 2.34. The van der Waals surface area contributed by atoms with Crippen LogP contribution in [0.3, 0.4) is 0 Å². The van der Waals surface area contributed by atoms with E-state index >= 15 is 0 Å². The molecule has 3 aromatic rings. The van der Waals surface area contributed by atoms with E-state index in [1.54, 1.807) is 17.6 Å². The molecule has 0 unspecified atom stereocenters. The predicted octanol–water partition coefficient (Wildman–Crippen LogP) is 4.88. The molecular weight excluding hydrogens is 346 g/mol. The van der Waals surface area contributed by atoms with Gasteiger partial charge in [-0.1, -0.05) is 42.7 Å². The van der Waals surface area contributed by atoms with Crippen LogP contribution in [-0.4, -0.2) is 27.5 Å². The Balaban J connectivity index is 1.70. The van der Waals surface area contributed by atoms with Gasteiger partial charge in [0, 0.05) is 5.56 Å². The lowest BCUT2D eigenvalue weighted by atomic mass is 9.95. The predicted molar refractivity (Wildman–Crippen MR) is 106 cm³/mol. The summed E-state index contributed by atoms with van der Waals surface area (Å²) in [6, 6.07) is 12.8. The molecule has 2 N–H and O–H groups in total. The number of phenols is 2. The smallest absolute Gasteiger partial charge is 0.207 e. The van der Waals surface area contributed by atoms with Crippen LogP contribution < -0.4 is 5.01 Å². The van der Waals surface area contributed by atoms with Gasteiger partial charge in [0.05, 0.1) is 22.5 Å². The average Bonchev–Trinajstić information content (AvgIpc) is 3.09. The number of anilines is 1. The van der Waals surface area contributed by atoms with Gasteiger partial charge in [0.15, 0.2) is 0 Å². The van der Waals surface area contributed by atoms with Crippen LogP contribution in [0.1, 0.15) is 37.7 Å². The first-order chi connectivity index (χ1) is 12.7. The number of benzene rings is 2. The van der Waals surface area contributed by atoms with Gasteiger partial charge >= 0.3 is 0 Å². The van der Waals surface area contributed by atoms with E-state index in [9.17, 15) is 10.2 Å². The third kappa shape index (κ3) is 3.51. The van der Waals surface area contributed by atoms with Gasteiger partial charge in [0.2, 0.25) is 5.13 Å². The molecule has 0 bridgehead atoms. The van der Waals surface area contributed by atoms with E-state index in [1.165, 1.54) is 37.5 Å². The van der Waals surface area contributed by atoms with E-state index < -0.39 is 0 Å². The first-order valence-corrected chi connectivity index (χ1v) is 9.73. The van der Waals surface area contributed by atoms with Gasteiger partial charge in [-0.15, -0.1) is 0 Å².